The molecule has 0 unspecified atom stereocenters. The van der Waals surface area contributed by atoms with Gasteiger partial charge in [-0.15, -0.1) is 0 Å². The molecule has 1 aromatic carbocycles. The molecular weight excluding hydrogens is 196 g/mol. The minimum absolute atomic E-state index is 0.0642. The first-order valence-corrected chi connectivity index (χ1v) is 4.55. The molecule has 15 heavy (non-hydrogen) atoms. The van der Waals surface area contributed by atoms with Gasteiger partial charge in [0.2, 0.25) is 0 Å². The molecule has 0 heterocycles. The van der Waals surface area contributed by atoms with E-state index in [4.69, 9.17) is 9.84 Å². The normalized spacial score (nSPS) is 11.8. The average Bonchev–Trinajstić information content (AvgIpc) is 2.16. The van der Waals surface area contributed by atoms with Crippen molar-refractivity contribution in [2.45, 2.75) is 19.4 Å². The van der Waals surface area contributed by atoms with Crippen LogP contribution in [0.3, 0.4) is 0 Å². The molecule has 0 bridgehead atoms. The predicted molar refractivity (Wildman–Crippen MR) is 54.2 cm³/mol. The number of aldehydes is 1. The Labute approximate surface area is 87.5 Å². The van der Waals surface area contributed by atoms with E-state index in [9.17, 15) is 9.59 Å². The van der Waals surface area contributed by atoms with E-state index in [1.807, 2.05) is 0 Å². The number of carbonyl (C=O) groups excluding carboxylic acids is 1. The van der Waals surface area contributed by atoms with Crippen molar-refractivity contribution in [3.05, 3.63) is 29.8 Å². The summed E-state index contributed by atoms with van der Waals surface area (Å²) < 4.78 is 5.33. The summed E-state index contributed by atoms with van der Waals surface area (Å²) in [5.74, 6) is -0.401. The van der Waals surface area contributed by atoms with Crippen LogP contribution in [0.15, 0.2) is 24.3 Å². The molecule has 1 atom stereocenters. The summed E-state index contributed by atoms with van der Waals surface area (Å²) >= 11 is 0. The van der Waals surface area contributed by atoms with Crippen molar-refractivity contribution in [2.24, 2.45) is 0 Å². The molecule has 0 radical (unpaired) electrons. The van der Waals surface area contributed by atoms with Crippen LogP contribution in [0.25, 0.3) is 0 Å². The third kappa shape index (κ3) is 3.81. The summed E-state index contributed by atoms with van der Waals surface area (Å²) in [7, 11) is 0. The number of benzene rings is 1. The summed E-state index contributed by atoms with van der Waals surface area (Å²) in [6, 6.07) is 6.60. The number of carbonyl (C=O) groups is 2. The summed E-state index contributed by atoms with van der Waals surface area (Å²) in [5, 5.41) is 8.53. The topological polar surface area (TPSA) is 63.6 Å². The molecule has 1 N–H and O–H groups in total. The van der Waals surface area contributed by atoms with Crippen molar-refractivity contribution in [1.29, 1.82) is 0 Å². The fourth-order valence-electron chi connectivity index (χ4n) is 1.18. The van der Waals surface area contributed by atoms with Crippen LogP contribution in [0.1, 0.15) is 23.7 Å². The van der Waals surface area contributed by atoms with Gasteiger partial charge in [-0.3, -0.25) is 9.59 Å². The fourth-order valence-corrected chi connectivity index (χ4v) is 1.18. The molecule has 0 amide bonds. The van der Waals surface area contributed by atoms with Crippen LogP contribution in [0, 0.1) is 0 Å². The number of carboxylic acids is 1. The standard InChI is InChI=1S/C11H12O4/c1-8(5-11(13)14)15-10-4-2-3-9(6-10)7-12/h2-4,6-8H,5H2,1H3,(H,13,14)/t8-/m1/s1. The zero-order chi connectivity index (χ0) is 11.3. The molecule has 4 heteroatoms. The predicted octanol–water partition coefficient (Wildman–Crippen LogP) is 1.74. The van der Waals surface area contributed by atoms with Crippen LogP contribution >= 0.6 is 0 Å². The van der Waals surface area contributed by atoms with E-state index < -0.39 is 12.1 Å². The summed E-state index contributed by atoms with van der Waals surface area (Å²) in [6.07, 6.45) is 0.240. The second kappa shape index (κ2) is 5.14. The van der Waals surface area contributed by atoms with Gasteiger partial charge in [-0.1, -0.05) is 12.1 Å². The van der Waals surface area contributed by atoms with Crippen LogP contribution in [-0.4, -0.2) is 23.5 Å². The molecule has 0 aliphatic rings. The minimum Gasteiger partial charge on any atom is -0.490 e. The van der Waals surface area contributed by atoms with Gasteiger partial charge in [-0.25, -0.2) is 0 Å². The molecule has 1 rings (SSSR count). The van der Waals surface area contributed by atoms with Crippen molar-refractivity contribution in [2.75, 3.05) is 0 Å². The van der Waals surface area contributed by atoms with Crippen LogP contribution in [0.5, 0.6) is 5.75 Å². The zero-order valence-corrected chi connectivity index (χ0v) is 8.34. The van der Waals surface area contributed by atoms with Gasteiger partial charge in [-0.2, -0.15) is 0 Å². The Hall–Kier alpha value is -1.84. The number of carboxylic acid groups (broad SMARTS) is 1. The first kappa shape index (κ1) is 11.2. The molecule has 0 aromatic heterocycles. The SMILES string of the molecule is C[C@H](CC(=O)O)Oc1cccc(C=O)c1. The van der Waals surface area contributed by atoms with Gasteiger partial charge < -0.3 is 9.84 Å². The molecule has 4 nitrogen and oxygen atoms in total. The molecule has 0 spiro atoms. The van der Waals surface area contributed by atoms with Crippen molar-refractivity contribution >= 4 is 12.3 Å². The first-order valence-electron chi connectivity index (χ1n) is 4.55. The van der Waals surface area contributed by atoms with Gasteiger partial charge in [-0.05, 0) is 19.1 Å². The van der Waals surface area contributed by atoms with E-state index in [1.54, 1.807) is 31.2 Å². The lowest BCUT2D eigenvalue weighted by Crippen LogP contribution is -2.16. The maximum absolute atomic E-state index is 10.5. The highest BCUT2D eigenvalue weighted by Crippen LogP contribution is 2.14. The van der Waals surface area contributed by atoms with Crippen molar-refractivity contribution in [3.63, 3.8) is 0 Å². The Morgan fingerprint density at radius 2 is 2.33 bits per heavy atom. The quantitative estimate of drug-likeness (QED) is 0.748. The van der Waals surface area contributed by atoms with Crippen LogP contribution in [0.2, 0.25) is 0 Å². The second-order valence-electron chi connectivity index (χ2n) is 3.22. The van der Waals surface area contributed by atoms with E-state index in [0.717, 1.165) is 0 Å². The summed E-state index contributed by atoms with van der Waals surface area (Å²) in [6.45, 7) is 1.67. The van der Waals surface area contributed by atoms with E-state index in [-0.39, 0.29) is 6.42 Å². The zero-order valence-electron chi connectivity index (χ0n) is 8.34. The van der Waals surface area contributed by atoms with Crippen LogP contribution in [0.4, 0.5) is 0 Å². The lowest BCUT2D eigenvalue weighted by Gasteiger charge is -2.12. The van der Waals surface area contributed by atoms with E-state index in [2.05, 4.69) is 0 Å². The number of hydrogen-bond acceptors (Lipinski definition) is 3. The first-order chi connectivity index (χ1) is 7.11. The van der Waals surface area contributed by atoms with E-state index in [1.165, 1.54) is 0 Å². The van der Waals surface area contributed by atoms with Gasteiger partial charge in [0.25, 0.3) is 0 Å². The van der Waals surface area contributed by atoms with Gasteiger partial charge in [0.05, 0.1) is 6.42 Å². The Balaban J connectivity index is 2.63. The lowest BCUT2D eigenvalue weighted by atomic mass is 10.2. The average molecular weight is 208 g/mol. The number of rotatable bonds is 5. The third-order valence-electron chi connectivity index (χ3n) is 1.79. The Bertz CT molecular complexity index is 359. The van der Waals surface area contributed by atoms with Gasteiger partial charge in [0.1, 0.15) is 18.1 Å². The fraction of sp³-hybridized carbons (Fsp3) is 0.273. The molecule has 0 aliphatic heterocycles. The smallest absolute Gasteiger partial charge is 0.307 e. The molecule has 0 saturated carbocycles. The molecule has 80 valence electrons. The minimum atomic E-state index is -0.908. The van der Waals surface area contributed by atoms with Crippen molar-refractivity contribution in [3.8, 4) is 5.75 Å². The largest absolute Gasteiger partial charge is 0.490 e. The highest BCUT2D eigenvalue weighted by molar-refractivity contribution is 5.75. The molecule has 0 fully saturated rings. The van der Waals surface area contributed by atoms with E-state index in [0.29, 0.717) is 17.6 Å². The Kier molecular flexibility index (Phi) is 3.85. The molecule has 1 aromatic rings. The monoisotopic (exact) mass is 208 g/mol. The number of aliphatic carboxylic acids is 1. The van der Waals surface area contributed by atoms with Crippen molar-refractivity contribution in [1.82, 2.24) is 0 Å². The van der Waals surface area contributed by atoms with Crippen molar-refractivity contribution < 1.29 is 19.4 Å². The molecule has 0 saturated heterocycles. The van der Waals surface area contributed by atoms with Crippen LogP contribution in [-0.2, 0) is 4.79 Å². The summed E-state index contributed by atoms with van der Waals surface area (Å²) in [4.78, 5) is 20.9. The number of hydrogen-bond donors (Lipinski definition) is 1. The number of ether oxygens (including phenoxy) is 1. The van der Waals surface area contributed by atoms with E-state index >= 15 is 0 Å². The molecule has 0 aliphatic carbocycles. The highest BCUT2D eigenvalue weighted by atomic mass is 16.5. The second-order valence-corrected chi connectivity index (χ2v) is 3.22. The Morgan fingerprint density at radius 1 is 1.60 bits per heavy atom. The van der Waals surface area contributed by atoms with Gasteiger partial charge in [0.15, 0.2) is 0 Å². The van der Waals surface area contributed by atoms with Gasteiger partial charge in [0, 0.05) is 5.56 Å². The lowest BCUT2D eigenvalue weighted by molar-refractivity contribution is -0.138. The third-order valence-corrected chi connectivity index (χ3v) is 1.79. The maximum Gasteiger partial charge on any atom is 0.307 e. The summed E-state index contributed by atoms with van der Waals surface area (Å²) in [5.41, 5.74) is 0.509. The van der Waals surface area contributed by atoms with Gasteiger partial charge >= 0.3 is 5.97 Å². The maximum atomic E-state index is 10.5. The highest BCUT2D eigenvalue weighted by Gasteiger charge is 2.08. The molecular formula is C11H12O4. The van der Waals surface area contributed by atoms with Crippen LogP contribution < -0.4 is 4.74 Å². The Morgan fingerprint density at radius 3 is 2.93 bits per heavy atom.